The standard InChI is InChI=1S/C21H25F2N10O7PS/c22-9-7(1-2-34)39-20(33-6-29-12-17(33)30-21(25)31-18(12)36)14(9)41(37,42)38-3-8-13(35)10(23)19(40-8)32-5-28-11-15(24)26-4-27-16(11)32/h4-10,13-14,19-20,34-35H,1-3H2,(H,37,42)(H2,24,26,27)(H3,25,30,31,36)/t7-,8-,9-,10+,13-,14-,19-,20-,41?/m1/s1. The molecule has 17 nitrogen and oxygen atoms in total. The van der Waals surface area contributed by atoms with Crippen molar-refractivity contribution >= 4 is 52.9 Å². The number of halogens is 2. The number of imidazole rings is 2. The van der Waals surface area contributed by atoms with Gasteiger partial charge in [-0.3, -0.25) is 23.5 Å². The predicted molar refractivity (Wildman–Crippen MR) is 144 cm³/mol. The summed E-state index contributed by atoms with van der Waals surface area (Å²) in [5.41, 5.74) is 9.32. The first-order valence-corrected chi connectivity index (χ1v) is 15.4. The van der Waals surface area contributed by atoms with Crippen LogP contribution in [0.1, 0.15) is 18.9 Å². The van der Waals surface area contributed by atoms with Gasteiger partial charge in [-0.05, 0) is 6.42 Å². The van der Waals surface area contributed by atoms with Gasteiger partial charge in [0.25, 0.3) is 12.1 Å². The number of rotatable bonds is 8. The van der Waals surface area contributed by atoms with Crippen LogP contribution in [-0.4, -0.2) is 98.8 Å². The fourth-order valence-electron chi connectivity index (χ4n) is 5.15. The molecule has 0 spiro atoms. The number of fused-ring (bicyclic) bond motifs is 2. The molecule has 0 radical (unpaired) electrons. The minimum atomic E-state index is -4.33. The topological polar surface area (TPSA) is 244 Å². The molecule has 0 bridgehead atoms. The third-order valence-electron chi connectivity index (χ3n) is 7.18. The van der Waals surface area contributed by atoms with Crippen LogP contribution >= 0.6 is 18.8 Å². The number of H-pyrrole nitrogens is 1. The van der Waals surface area contributed by atoms with E-state index in [-0.39, 0.29) is 40.5 Å². The molecular weight excluding hydrogens is 605 g/mol. The maximum atomic E-state index is 15.7. The number of thiol groups is 1. The van der Waals surface area contributed by atoms with Crippen LogP contribution in [-0.2, 0) is 18.6 Å². The SMILES string of the molecule is Nc1nc2c(ncn2[C@@H]2O[C@H](CCO)[C@@H](F)[C@H]2P(=O)(S)OC[C@H]2O[C@@H](n3cnc4c(N)ncnc43)[C@@H](F)[C@@H]2O)c(=O)[nH]1. The number of hydrogen-bond acceptors (Lipinski definition) is 14. The number of nitrogens with zero attached hydrogens (tertiary/aromatic N) is 7. The molecule has 6 rings (SSSR count). The molecular formula is C21H25F2N10O7PS. The normalized spacial score (nSPS) is 31.3. The molecule has 0 aromatic carbocycles. The van der Waals surface area contributed by atoms with Gasteiger partial charge < -0.3 is 35.7 Å². The molecule has 0 saturated carbocycles. The number of nitrogens with two attached hydrogens (primary N) is 2. The number of aromatic amines is 1. The first-order chi connectivity index (χ1) is 20.0. The van der Waals surface area contributed by atoms with E-state index in [0.29, 0.717) is 0 Å². The first-order valence-electron chi connectivity index (χ1n) is 12.5. The van der Waals surface area contributed by atoms with Crippen molar-refractivity contribution in [2.45, 2.75) is 55.2 Å². The second kappa shape index (κ2) is 10.8. The number of hydrogen-bond donors (Lipinski definition) is 6. The number of nitrogens with one attached hydrogen (secondary N) is 1. The van der Waals surface area contributed by atoms with Crippen molar-refractivity contribution in [2.75, 3.05) is 24.7 Å². The molecule has 4 aromatic heterocycles. The molecule has 2 aliphatic rings. The Bertz CT molecular complexity index is 1740. The summed E-state index contributed by atoms with van der Waals surface area (Å²) in [6.07, 6.45) is -7.73. The number of nitrogen functional groups attached to an aromatic ring is 2. The van der Waals surface area contributed by atoms with Crippen LogP contribution in [0.15, 0.2) is 23.8 Å². The minimum absolute atomic E-state index is 0.0605. The number of alkyl halides is 2. The highest BCUT2D eigenvalue weighted by Crippen LogP contribution is 2.64. The molecule has 2 fully saturated rings. The molecule has 226 valence electrons. The van der Waals surface area contributed by atoms with Gasteiger partial charge in [0.15, 0.2) is 41.3 Å². The summed E-state index contributed by atoms with van der Waals surface area (Å²) in [5.74, 6) is -0.189. The Morgan fingerprint density at radius 2 is 1.74 bits per heavy atom. The Labute approximate surface area is 238 Å². The monoisotopic (exact) mass is 630 g/mol. The van der Waals surface area contributed by atoms with Crippen molar-refractivity contribution < 1.29 is 37.6 Å². The molecule has 0 amide bonds. The van der Waals surface area contributed by atoms with Crippen LogP contribution < -0.4 is 17.0 Å². The summed E-state index contributed by atoms with van der Waals surface area (Å²) in [6.45, 7) is -5.43. The minimum Gasteiger partial charge on any atom is -0.396 e. The largest absolute Gasteiger partial charge is 0.396 e. The third kappa shape index (κ3) is 4.72. The smallest absolute Gasteiger partial charge is 0.280 e. The van der Waals surface area contributed by atoms with E-state index in [0.717, 1.165) is 12.7 Å². The number of anilines is 2. The average molecular weight is 631 g/mol. The van der Waals surface area contributed by atoms with Gasteiger partial charge >= 0.3 is 0 Å². The Morgan fingerprint density at radius 3 is 2.48 bits per heavy atom. The van der Waals surface area contributed by atoms with Crippen molar-refractivity contribution in [3.05, 3.63) is 29.3 Å². The molecule has 2 aliphatic heterocycles. The van der Waals surface area contributed by atoms with E-state index in [1.165, 1.54) is 15.5 Å². The molecule has 1 unspecified atom stereocenters. The van der Waals surface area contributed by atoms with Crippen molar-refractivity contribution in [1.29, 1.82) is 0 Å². The average Bonchev–Trinajstić information content (AvgIpc) is 3.69. The molecule has 0 aliphatic carbocycles. The molecule has 2 saturated heterocycles. The molecule has 7 N–H and O–H groups in total. The summed E-state index contributed by atoms with van der Waals surface area (Å²) in [4.78, 5) is 34.5. The lowest BCUT2D eigenvalue weighted by atomic mass is 10.1. The number of aliphatic hydroxyl groups is 2. The van der Waals surface area contributed by atoms with E-state index in [1.807, 2.05) is 0 Å². The highest BCUT2D eigenvalue weighted by Gasteiger charge is 2.56. The molecule has 9 atom stereocenters. The molecule has 21 heteroatoms. The summed E-state index contributed by atoms with van der Waals surface area (Å²) in [6, 6.07) is 0. The molecule has 6 heterocycles. The third-order valence-corrected chi connectivity index (χ3v) is 10.1. The van der Waals surface area contributed by atoms with Gasteiger partial charge in [0, 0.05) is 6.61 Å². The lowest BCUT2D eigenvalue weighted by molar-refractivity contribution is -0.0412. The van der Waals surface area contributed by atoms with Gasteiger partial charge in [-0.1, -0.05) is 12.2 Å². The van der Waals surface area contributed by atoms with Crippen molar-refractivity contribution in [3.8, 4) is 0 Å². The van der Waals surface area contributed by atoms with Gasteiger partial charge in [-0.2, -0.15) is 4.98 Å². The Kier molecular flexibility index (Phi) is 7.40. The number of aromatic nitrogens is 8. The van der Waals surface area contributed by atoms with E-state index in [1.54, 1.807) is 0 Å². The van der Waals surface area contributed by atoms with Crippen molar-refractivity contribution in [1.82, 2.24) is 39.0 Å². The van der Waals surface area contributed by atoms with Crippen LogP contribution in [0.25, 0.3) is 22.3 Å². The van der Waals surface area contributed by atoms with Crippen molar-refractivity contribution in [2.24, 2.45) is 0 Å². The lowest BCUT2D eigenvalue weighted by Crippen LogP contribution is -2.33. The van der Waals surface area contributed by atoms with Gasteiger partial charge in [0.05, 0.1) is 25.4 Å². The quantitative estimate of drug-likeness (QED) is 0.110. The van der Waals surface area contributed by atoms with Gasteiger partial charge in [-0.25, -0.2) is 28.7 Å². The Morgan fingerprint density at radius 1 is 1.05 bits per heavy atom. The van der Waals surface area contributed by atoms with Crippen LogP contribution in [0.2, 0.25) is 0 Å². The van der Waals surface area contributed by atoms with E-state index in [4.69, 9.17) is 25.5 Å². The lowest BCUT2D eigenvalue weighted by Gasteiger charge is -2.27. The number of ether oxygens (including phenoxy) is 2. The molecule has 42 heavy (non-hydrogen) atoms. The fourth-order valence-corrected chi connectivity index (χ4v) is 7.70. The van der Waals surface area contributed by atoms with Gasteiger partial charge in [0.1, 0.15) is 35.9 Å². The fraction of sp³-hybridized carbons (Fsp3) is 0.524. The zero-order chi connectivity index (χ0) is 29.9. The van der Waals surface area contributed by atoms with Crippen LogP contribution in [0.4, 0.5) is 20.5 Å². The summed E-state index contributed by atoms with van der Waals surface area (Å²) >= 11 is 4.17. The zero-order valence-corrected chi connectivity index (χ0v) is 23.1. The Balaban J connectivity index is 1.25. The number of aliphatic hydroxyl groups excluding tert-OH is 2. The van der Waals surface area contributed by atoms with E-state index in [9.17, 15) is 19.6 Å². The van der Waals surface area contributed by atoms with E-state index < -0.39 is 74.1 Å². The first kappa shape index (κ1) is 28.8. The Hall–Kier alpha value is -3.26. The van der Waals surface area contributed by atoms with E-state index >= 15 is 8.78 Å². The highest BCUT2D eigenvalue weighted by molar-refractivity contribution is 8.46. The van der Waals surface area contributed by atoms with Gasteiger partial charge in [0.2, 0.25) is 5.95 Å². The second-order valence-electron chi connectivity index (χ2n) is 9.73. The van der Waals surface area contributed by atoms with Crippen LogP contribution in [0.5, 0.6) is 0 Å². The zero-order valence-electron chi connectivity index (χ0n) is 21.3. The van der Waals surface area contributed by atoms with Crippen LogP contribution in [0.3, 0.4) is 0 Å². The summed E-state index contributed by atoms with van der Waals surface area (Å²) in [5, 5.41) is 20.0. The highest BCUT2D eigenvalue weighted by atomic mass is 32.7. The van der Waals surface area contributed by atoms with Crippen molar-refractivity contribution in [3.63, 3.8) is 0 Å². The van der Waals surface area contributed by atoms with Gasteiger partial charge in [-0.15, -0.1) is 0 Å². The summed E-state index contributed by atoms with van der Waals surface area (Å²) in [7, 11) is 0. The second-order valence-corrected chi connectivity index (χ2v) is 13.4. The predicted octanol–water partition coefficient (Wildman–Crippen LogP) is -0.154. The van der Waals surface area contributed by atoms with E-state index in [2.05, 4.69) is 42.2 Å². The maximum absolute atomic E-state index is 15.7. The molecule has 4 aromatic rings. The summed E-state index contributed by atoms with van der Waals surface area (Å²) < 4.78 is 64.2. The maximum Gasteiger partial charge on any atom is 0.280 e. The van der Waals surface area contributed by atoms with Crippen LogP contribution in [0, 0.1) is 0 Å².